The summed E-state index contributed by atoms with van der Waals surface area (Å²) in [5, 5.41) is 8.98. The fraction of sp³-hybridized carbons (Fsp3) is 0.462. The SMILES string of the molecule is Cc1ccc(CS(=O)(=O)NC(C(=O)O)C(C)C)cc1. The van der Waals surface area contributed by atoms with Crippen LogP contribution in [0.5, 0.6) is 0 Å². The van der Waals surface area contributed by atoms with Crippen molar-refractivity contribution in [2.75, 3.05) is 0 Å². The number of hydrogen-bond donors (Lipinski definition) is 2. The summed E-state index contributed by atoms with van der Waals surface area (Å²) in [7, 11) is -3.67. The van der Waals surface area contributed by atoms with Gasteiger partial charge in [-0.2, -0.15) is 0 Å². The fourth-order valence-corrected chi connectivity index (χ4v) is 3.08. The first-order valence-electron chi connectivity index (χ1n) is 5.99. The van der Waals surface area contributed by atoms with Crippen LogP contribution >= 0.6 is 0 Å². The maximum Gasteiger partial charge on any atom is 0.321 e. The van der Waals surface area contributed by atoms with Gasteiger partial charge in [0.05, 0.1) is 5.75 Å². The van der Waals surface area contributed by atoms with Gasteiger partial charge in [0.15, 0.2) is 0 Å². The van der Waals surface area contributed by atoms with Gasteiger partial charge >= 0.3 is 5.97 Å². The quantitative estimate of drug-likeness (QED) is 0.830. The Bertz CT molecular complexity index is 534. The van der Waals surface area contributed by atoms with Crippen LogP contribution in [0.3, 0.4) is 0 Å². The normalized spacial score (nSPS) is 13.5. The molecule has 1 atom stereocenters. The van der Waals surface area contributed by atoms with E-state index in [0.717, 1.165) is 5.56 Å². The third kappa shape index (κ3) is 5.00. The average Bonchev–Trinajstić information content (AvgIpc) is 2.28. The summed E-state index contributed by atoms with van der Waals surface area (Å²) in [6.45, 7) is 5.23. The van der Waals surface area contributed by atoms with Crippen LogP contribution in [-0.4, -0.2) is 25.5 Å². The second-order valence-corrected chi connectivity index (χ2v) is 6.68. The van der Waals surface area contributed by atoms with Crippen LogP contribution in [0, 0.1) is 12.8 Å². The van der Waals surface area contributed by atoms with E-state index in [-0.39, 0.29) is 11.7 Å². The Morgan fingerprint density at radius 2 is 1.79 bits per heavy atom. The first kappa shape index (κ1) is 15.7. The zero-order chi connectivity index (χ0) is 14.6. The van der Waals surface area contributed by atoms with Crippen LogP contribution in [-0.2, 0) is 20.6 Å². The minimum Gasteiger partial charge on any atom is -0.480 e. The van der Waals surface area contributed by atoms with Crippen molar-refractivity contribution in [1.82, 2.24) is 4.72 Å². The number of aryl methyl sites for hydroxylation is 1. The molecule has 0 fully saturated rings. The molecule has 5 nitrogen and oxygen atoms in total. The molecule has 0 saturated carbocycles. The van der Waals surface area contributed by atoms with Gasteiger partial charge in [-0.05, 0) is 18.4 Å². The van der Waals surface area contributed by atoms with Gasteiger partial charge in [0.1, 0.15) is 6.04 Å². The van der Waals surface area contributed by atoms with Crippen molar-refractivity contribution >= 4 is 16.0 Å². The number of sulfonamides is 1. The number of benzene rings is 1. The van der Waals surface area contributed by atoms with E-state index in [1.165, 1.54) is 0 Å². The summed E-state index contributed by atoms with van der Waals surface area (Å²) < 4.78 is 26.1. The molecule has 0 aliphatic heterocycles. The van der Waals surface area contributed by atoms with Crippen molar-refractivity contribution in [3.05, 3.63) is 35.4 Å². The lowest BCUT2D eigenvalue weighted by molar-refractivity contribution is -0.140. The molecule has 0 aromatic heterocycles. The molecule has 2 N–H and O–H groups in total. The summed E-state index contributed by atoms with van der Waals surface area (Å²) in [5.41, 5.74) is 1.67. The number of hydrogen-bond acceptors (Lipinski definition) is 3. The Morgan fingerprint density at radius 3 is 2.21 bits per heavy atom. The van der Waals surface area contributed by atoms with Crippen molar-refractivity contribution in [1.29, 1.82) is 0 Å². The fourth-order valence-electron chi connectivity index (χ4n) is 1.61. The molecule has 0 radical (unpaired) electrons. The number of carboxylic acid groups (broad SMARTS) is 1. The lowest BCUT2D eigenvalue weighted by Gasteiger charge is -2.17. The highest BCUT2D eigenvalue weighted by atomic mass is 32.2. The predicted molar refractivity (Wildman–Crippen MR) is 73.2 cm³/mol. The van der Waals surface area contributed by atoms with E-state index in [1.54, 1.807) is 26.0 Å². The van der Waals surface area contributed by atoms with Gasteiger partial charge in [0.2, 0.25) is 10.0 Å². The van der Waals surface area contributed by atoms with Crippen molar-refractivity contribution in [2.24, 2.45) is 5.92 Å². The van der Waals surface area contributed by atoms with E-state index in [4.69, 9.17) is 5.11 Å². The van der Waals surface area contributed by atoms with E-state index >= 15 is 0 Å². The molecule has 0 heterocycles. The van der Waals surface area contributed by atoms with Crippen LogP contribution in [0.15, 0.2) is 24.3 Å². The van der Waals surface area contributed by atoms with Crippen molar-refractivity contribution in [3.8, 4) is 0 Å². The molecule has 0 amide bonds. The third-order valence-corrected chi connectivity index (χ3v) is 4.04. The zero-order valence-corrected chi connectivity index (χ0v) is 12.1. The topological polar surface area (TPSA) is 83.5 Å². The second kappa shape index (κ2) is 6.16. The summed E-state index contributed by atoms with van der Waals surface area (Å²) >= 11 is 0. The van der Waals surface area contributed by atoms with Crippen LogP contribution in [0.25, 0.3) is 0 Å². The van der Waals surface area contributed by atoms with Crippen LogP contribution in [0.1, 0.15) is 25.0 Å². The lowest BCUT2D eigenvalue weighted by Crippen LogP contribution is -2.44. The standard InChI is InChI=1S/C13H19NO4S/c1-9(2)12(13(15)16)14-19(17,18)8-11-6-4-10(3)5-7-11/h4-7,9,12,14H,8H2,1-3H3,(H,15,16). The number of rotatable bonds is 6. The molecular weight excluding hydrogens is 266 g/mol. The number of carboxylic acids is 1. The minimum absolute atomic E-state index is 0.218. The van der Waals surface area contributed by atoms with Crippen LogP contribution in [0.4, 0.5) is 0 Å². The Kier molecular flexibility index (Phi) is 5.08. The van der Waals surface area contributed by atoms with Crippen molar-refractivity contribution in [2.45, 2.75) is 32.6 Å². The zero-order valence-electron chi connectivity index (χ0n) is 11.3. The Labute approximate surface area is 113 Å². The Hall–Kier alpha value is -1.40. The van der Waals surface area contributed by atoms with Gasteiger partial charge < -0.3 is 5.11 Å². The van der Waals surface area contributed by atoms with E-state index < -0.39 is 22.0 Å². The number of carbonyl (C=O) groups is 1. The molecule has 1 aromatic carbocycles. The van der Waals surface area contributed by atoms with Gasteiger partial charge in [-0.25, -0.2) is 13.1 Å². The molecule has 1 aromatic rings. The first-order chi connectivity index (χ1) is 8.71. The molecule has 1 unspecified atom stereocenters. The highest BCUT2D eigenvalue weighted by molar-refractivity contribution is 7.88. The minimum atomic E-state index is -3.67. The van der Waals surface area contributed by atoms with Gasteiger partial charge in [0.25, 0.3) is 0 Å². The molecule has 0 spiro atoms. The van der Waals surface area contributed by atoms with E-state index in [9.17, 15) is 13.2 Å². The maximum atomic E-state index is 11.9. The molecule has 1 rings (SSSR count). The van der Waals surface area contributed by atoms with E-state index in [1.807, 2.05) is 19.1 Å². The average molecular weight is 285 g/mol. The van der Waals surface area contributed by atoms with Crippen LogP contribution in [0.2, 0.25) is 0 Å². The summed E-state index contributed by atoms with van der Waals surface area (Å²) in [6.07, 6.45) is 0. The smallest absolute Gasteiger partial charge is 0.321 e. The van der Waals surface area contributed by atoms with E-state index in [0.29, 0.717) is 5.56 Å². The lowest BCUT2D eigenvalue weighted by atomic mass is 10.1. The Balaban J connectivity index is 2.81. The van der Waals surface area contributed by atoms with Gasteiger partial charge in [-0.15, -0.1) is 0 Å². The summed E-state index contributed by atoms with van der Waals surface area (Å²) in [6, 6.07) is 5.99. The molecule has 0 bridgehead atoms. The van der Waals surface area contributed by atoms with Crippen molar-refractivity contribution < 1.29 is 18.3 Å². The van der Waals surface area contributed by atoms with Gasteiger partial charge in [-0.1, -0.05) is 43.7 Å². The van der Waals surface area contributed by atoms with Crippen LogP contribution < -0.4 is 4.72 Å². The number of nitrogens with one attached hydrogen (secondary N) is 1. The molecule has 106 valence electrons. The second-order valence-electron chi connectivity index (χ2n) is 4.92. The molecule has 0 aliphatic carbocycles. The monoisotopic (exact) mass is 285 g/mol. The van der Waals surface area contributed by atoms with Gasteiger partial charge in [0, 0.05) is 0 Å². The Morgan fingerprint density at radius 1 is 1.26 bits per heavy atom. The molecule has 0 aliphatic rings. The molecular formula is C13H19NO4S. The maximum absolute atomic E-state index is 11.9. The van der Waals surface area contributed by atoms with Gasteiger partial charge in [-0.3, -0.25) is 4.79 Å². The molecule has 0 saturated heterocycles. The summed E-state index contributed by atoms with van der Waals surface area (Å²) in [4.78, 5) is 11.0. The van der Waals surface area contributed by atoms with E-state index in [2.05, 4.69) is 4.72 Å². The highest BCUT2D eigenvalue weighted by Gasteiger charge is 2.26. The highest BCUT2D eigenvalue weighted by Crippen LogP contribution is 2.10. The number of aliphatic carboxylic acids is 1. The first-order valence-corrected chi connectivity index (χ1v) is 7.65. The predicted octanol–water partition coefficient (Wildman–Crippen LogP) is 1.52. The molecule has 19 heavy (non-hydrogen) atoms. The third-order valence-electron chi connectivity index (χ3n) is 2.72. The van der Waals surface area contributed by atoms with Crippen molar-refractivity contribution in [3.63, 3.8) is 0 Å². The molecule has 6 heteroatoms. The largest absolute Gasteiger partial charge is 0.480 e. The summed E-state index contributed by atoms with van der Waals surface area (Å²) in [5.74, 6) is -1.70.